The molecule has 4 N–H and O–H groups in total. The van der Waals surface area contributed by atoms with Gasteiger partial charge in [0.1, 0.15) is 0 Å². The monoisotopic (exact) mass is 277 g/mol. The normalized spacial score (nSPS) is 12.1. The van der Waals surface area contributed by atoms with E-state index in [4.69, 9.17) is 10.8 Å². The Kier molecular flexibility index (Phi) is 4.01. The lowest BCUT2D eigenvalue weighted by Gasteiger charge is -2.12. The molecular formula is C13H15N3O2S. The third-order valence-corrected chi connectivity index (χ3v) is 3.77. The van der Waals surface area contributed by atoms with E-state index in [1.54, 1.807) is 29.7 Å². The summed E-state index contributed by atoms with van der Waals surface area (Å²) in [7, 11) is 0. The molecule has 0 bridgehead atoms. The number of hydrogen-bond acceptors (Lipinski definition) is 5. The van der Waals surface area contributed by atoms with Gasteiger partial charge in [-0.1, -0.05) is 6.92 Å². The molecule has 0 radical (unpaired) electrons. The minimum Gasteiger partial charge on any atom is -0.478 e. The van der Waals surface area contributed by atoms with Crippen LogP contribution in [0.1, 0.15) is 28.2 Å². The van der Waals surface area contributed by atoms with Gasteiger partial charge in [-0.2, -0.15) is 0 Å². The van der Waals surface area contributed by atoms with E-state index < -0.39 is 5.97 Å². The molecule has 1 unspecified atom stereocenters. The van der Waals surface area contributed by atoms with Gasteiger partial charge in [0.2, 0.25) is 0 Å². The smallest absolute Gasteiger partial charge is 0.337 e. The standard InChI is InChI=1S/C13H15N3O2S/c1-8(12-15-4-5-19-12)7-16-9-2-3-10(13(17)18)11(14)6-9/h2-6,8,16H,7,14H2,1H3,(H,17,18). The third kappa shape index (κ3) is 3.23. The first kappa shape index (κ1) is 13.4. The maximum absolute atomic E-state index is 10.8. The molecule has 2 aromatic rings. The van der Waals surface area contributed by atoms with Crippen LogP contribution < -0.4 is 11.1 Å². The molecule has 0 spiro atoms. The van der Waals surface area contributed by atoms with Gasteiger partial charge in [-0.15, -0.1) is 11.3 Å². The predicted molar refractivity (Wildman–Crippen MR) is 76.8 cm³/mol. The number of rotatable bonds is 5. The van der Waals surface area contributed by atoms with Crippen LogP contribution in [-0.4, -0.2) is 22.6 Å². The summed E-state index contributed by atoms with van der Waals surface area (Å²) >= 11 is 1.62. The Morgan fingerprint density at radius 3 is 2.95 bits per heavy atom. The maximum atomic E-state index is 10.8. The molecule has 100 valence electrons. The number of nitrogens with zero attached hydrogens (tertiary/aromatic N) is 1. The predicted octanol–water partition coefficient (Wildman–Crippen LogP) is 2.64. The zero-order chi connectivity index (χ0) is 13.8. The van der Waals surface area contributed by atoms with E-state index in [0.717, 1.165) is 17.2 Å². The van der Waals surface area contributed by atoms with E-state index in [1.807, 2.05) is 5.38 Å². The lowest BCUT2D eigenvalue weighted by molar-refractivity contribution is 0.0698. The Labute approximate surface area is 115 Å². The molecule has 1 heterocycles. The highest BCUT2D eigenvalue weighted by Crippen LogP contribution is 2.21. The van der Waals surface area contributed by atoms with E-state index in [0.29, 0.717) is 5.92 Å². The van der Waals surface area contributed by atoms with Gasteiger partial charge in [-0.25, -0.2) is 9.78 Å². The van der Waals surface area contributed by atoms with Crippen LogP contribution in [0.2, 0.25) is 0 Å². The fourth-order valence-electron chi connectivity index (χ4n) is 1.70. The minimum absolute atomic E-state index is 0.124. The summed E-state index contributed by atoms with van der Waals surface area (Å²) in [5.74, 6) is -0.722. The Bertz CT molecular complexity index is 569. The fourth-order valence-corrected chi connectivity index (χ4v) is 2.40. The highest BCUT2D eigenvalue weighted by atomic mass is 32.1. The number of nitrogens with two attached hydrogens (primary N) is 1. The SMILES string of the molecule is CC(CNc1ccc(C(=O)O)c(N)c1)c1nccs1. The van der Waals surface area contributed by atoms with Gasteiger partial charge in [0, 0.05) is 35.4 Å². The molecule has 0 aliphatic carbocycles. The summed E-state index contributed by atoms with van der Waals surface area (Å²) in [6, 6.07) is 4.86. The molecule has 0 fully saturated rings. The van der Waals surface area contributed by atoms with Crippen molar-refractivity contribution in [2.45, 2.75) is 12.8 Å². The number of carboxylic acids is 1. The molecular weight excluding hydrogens is 262 g/mol. The zero-order valence-electron chi connectivity index (χ0n) is 10.5. The summed E-state index contributed by atoms with van der Waals surface area (Å²) < 4.78 is 0. The zero-order valence-corrected chi connectivity index (χ0v) is 11.3. The summed E-state index contributed by atoms with van der Waals surface area (Å²) in [4.78, 5) is 15.1. The number of benzene rings is 1. The topological polar surface area (TPSA) is 88.2 Å². The Morgan fingerprint density at radius 2 is 2.37 bits per heavy atom. The van der Waals surface area contributed by atoms with Gasteiger partial charge in [0.05, 0.1) is 10.6 Å². The molecule has 0 saturated heterocycles. The highest BCUT2D eigenvalue weighted by Gasteiger charge is 2.10. The minimum atomic E-state index is -1.01. The first-order chi connectivity index (χ1) is 9.08. The number of anilines is 2. The highest BCUT2D eigenvalue weighted by molar-refractivity contribution is 7.09. The van der Waals surface area contributed by atoms with Crippen LogP contribution in [0.3, 0.4) is 0 Å². The van der Waals surface area contributed by atoms with Crippen LogP contribution in [0.4, 0.5) is 11.4 Å². The van der Waals surface area contributed by atoms with Crippen molar-refractivity contribution in [3.05, 3.63) is 40.3 Å². The van der Waals surface area contributed by atoms with Gasteiger partial charge in [-0.05, 0) is 18.2 Å². The van der Waals surface area contributed by atoms with E-state index in [2.05, 4.69) is 17.2 Å². The molecule has 0 aliphatic heterocycles. The molecule has 1 aromatic carbocycles. The van der Waals surface area contributed by atoms with Crippen molar-refractivity contribution in [3.63, 3.8) is 0 Å². The summed E-state index contributed by atoms with van der Waals surface area (Å²) in [5, 5.41) is 15.1. The number of aromatic carboxylic acids is 1. The fraction of sp³-hybridized carbons (Fsp3) is 0.231. The number of hydrogen-bond donors (Lipinski definition) is 3. The van der Waals surface area contributed by atoms with E-state index in [9.17, 15) is 4.79 Å². The van der Waals surface area contributed by atoms with Crippen LogP contribution in [0.5, 0.6) is 0 Å². The Hall–Kier alpha value is -2.08. The van der Waals surface area contributed by atoms with Crippen molar-refractivity contribution in [1.29, 1.82) is 0 Å². The molecule has 19 heavy (non-hydrogen) atoms. The van der Waals surface area contributed by atoms with Crippen LogP contribution in [-0.2, 0) is 0 Å². The second-order valence-corrected chi connectivity index (χ2v) is 5.19. The van der Waals surface area contributed by atoms with Gasteiger partial charge in [0.15, 0.2) is 0 Å². The van der Waals surface area contributed by atoms with Crippen LogP contribution >= 0.6 is 11.3 Å². The van der Waals surface area contributed by atoms with Crippen molar-refractivity contribution < 1.29 is 9.90 Å². The first-order valence-corrected chi connectivity index (χ1v) is 6.72. The lowest BCUT2D eigenvalue weighted by Crippen LogP contribution is -2.10. The number of nitrogen functional groups attached to an aromatic ring is 1. The molecule has 0 amide bonds. The summed E-state index contributed by atoms with van der Waals surface area (Å²) in [5.41, 5.74) is 6.89. The number of nitrogens with one attached hydrogen (secondary N) is 1. The molecule has 0 aliphatic rings. The van der Waals surface area contributed by atoms with Crippen LogP contribution in [0.15, 0.2) is 29.8 Å². The Balaban J connectivity index is 2.00. The van der Waals surface area contributed by atoms with Crippen molar-refractivity contribution >= 4 is 28.7 Å². The average Bonchev–Trinajstić information content (AvgIpc) is 2.89. The molecule has 1 atom stereocenters. The van der Waals surface area contributed by atoms with E-state index >= 15 is 0 Å². The number of aromatic nitrogens is 1. The van der Waals surface area contributed by atoms with E-state index in [-0.39, 0.29) is 11.3 Å². The van der Waals surface area contributed by atoms with Gasteiger partial charge < -0.3 is 16.2 Å². The summed E-state index contributed by atoms with van der Waals surface area (Å²) in [6.45, 7) is 2.81. The second-order valence-electron chi connectivity index (χ2n) is 4.26. The molecule has 6 heteroatoms. The quantitative estimate of drug-likeness (QED) is 0.731. The van der Waals surface area contributed by atoms with Crippen molar-refractivity contribution in [3.8, 4) is 0 Å². The summed E-state index contributed by atoms with van der Waals surface area (Å²) in [6.07, 6.45) is 1.79. The molecule has 0 saturated carbocycles. The molecule has 5 nitrogen and oxygen atoms in total. The largest absolute Gasteiger partial charge is 0.478 e. The van der Waals surface area contributed by atoms with Crippen molar-refractivity contribution in [1.82, 2.24) is 4.98 Å². The second kappa shape index (κ2) is 5.71. The Morgan fingerprint density at radius 1 is 1.58 bits per heavy atom. The molecule has 1 aromatic heterocycles. The lowest BCUT2D eigenvalue weighted by atomic mass is 10.1. The van der Waals surface area contributed by atoms with E-state index in [1.165, 1.54) is 6.07 Å². The molecule has 2 rings (SSSR count). The average molecular weight is 277 g/mol. The number of thiazole rings is 1. The maximum Gasteiger partial charge on any atom is 0.337 e. The van der Waals surface area contributed by atoms with Gasteiger partial charge in [0.25, 0.3) is 0 Å². The first-order valence-electron chi connectivity index (χ1n) is 5.84. The van der Waals surface area contributed by atoms with Crippen LogP contribution in [0, 0.1) is 0 Å². The van der Waals surface area contributed by atoms with Crippen LogP contribution in [0.25, 0.3) is 0 Å². The number of carbonyl (C=O) groups is 1. The van der Waals surface area contributed by atoms with Crippen molar-refractivity contribution in [2.75, 3.05) is 17.6 Å². The van der Waals surface area contributed by atoms with Crippen molar-refractivity contribution in [2.24, 2.45) is 0 Å². The third-order valence-electron chi connectivity index (χ3n) is 2.77. The van der Waals surface area contributed by atoms with Gasteiger partial charge in [-0.3, -0.25) is 0 Å². The number of carboxylic acid groups (broad SMARTS) is 1. The van der Waals surface area contributed by atoms with Gasteiger partial charge >= 0.3 is 5.97 Å².